The first-order valence-electron chi connectivity index (χ1n) is 9.51. The van der Waals surface area contributed by atoms with Gasteiger partial charge >= 0.3 is 0 Å². The van der Waals surface area contributed by atoms with Gasteiger partial charge in [0.05, 0.1) is 11.5 Å². The van der Waals surface area contributed by atoms with Crippen molar-refractivity contribution < 1.29 is 17.9 Å². The fourth-order valence-corrected chi connectivity index (χ4v) is 5.83. The third-order valence-electron chi connectivity index (χ3n) is 5.66. The van der Waals surface area contributed by atoms with Crippen LogP contribution in [0.15, 0.2) is 59.5 Å². The first kappa shape index (κ1) is 19.1. The van der Waals surface area contributed by atoms with Crippen LogP contribution in [0.2, 0.25) is 0 Å². The molecule has 0 bridgehead atoms. The Hall–Kier alpha value is -2.22. The summed E-state index contributed by atoms with van der Waals surface area (Å²) in [6, 6.07) is 16.0. The normalized spacial score (nSPS) is 19.8. The first-order valence-corrected chi connectivity index (χ1v) is 10.9. The Morgan fingerprint density at radius 2 is 1.61 bits per heavy atom. The Balaban J connectivity index is 1.53. The van der Waals surface area contributed by atoms with E-state index in [0.29, 0.717) is 44.6 Å². The zero-order valence-corrected chi connectivity index (χ0v) is 16.7. The van der Waals surface area contributed by atoms with Crippen LogP contribution < -0.4 is 0 Å². The minimum atomic E-state index is -3.64. The third-order valence-corrected chi connectivity index (χ3v) is 7.62. The Bertz CT molecular complexity index is 967. The monoisotopic (exact) mass is 400 g/mol. The Kier molecular flexibility index (Phi) is 4.99. The van der Waals surface area contributed by atoms with Gasteiger partial charge in [-0.3, -0.25) is 4.79 Å². The summed E-state index contributed by atoms with van der Waals surface area (Å²) >= 11 is 0. The number of piperidine rings is 1. The van der Waals surface area contributed by atoms with Crippen LogP contribution in [0.5, 0.6) is 0 Å². The Labute approximate surface area is 165 Å². The standard InChI is InChI=1S/C21H24N2O4S/c1-17-7-5-6-10-19(17)20(24)22-13-11-21(12-14-22)23(15-16-27-21)28(25,26)18-8-3-2-4-9-18/h2-10H,11-16H2,1H3. The predicted octanol–water partition coefficient (Wildman–Crippen LogP) is 2.65. The summed E-state index contributed by atoms with van der Waals surface area (Å²) < 4.78 is 33.8. The number of sulfonamides is 1. The van der Waals surface area contributed by atoms with E-state index in [4.69, 9.17) is 4.74 Å². The molecule has 28 heavy (non-hydrogen) atoms. The molecule has 0 aromatic heterocycles. The minimum absolute atomic E-state index is 0.0107. The van der Waals surface area contributed by atoms with Crippen LogP contribution in [-0.4, -0.2) is 55.5 Å². The van der Waals surface area contributed by atoms with E-state index in [1.807, 2.05) is 31.2 Å². The molecule has 2 saturated heterocycles. The van der Waals surface area contributed by atoms with Gasteiger partial charge in [0, 0.05) is 38.0 Å². The van der Waals surface area contributed by atoms with Gasteiger partial charge in [0.1, 0.15) is 5.72 Å². The molecule has 7 heteroatoms. The van der Waals surface area contributed by atoms with Gasteiger partial charge in [-0.25, -0.2) is 8.42 Å². The second kappa shape index (κ2) is 7.31. The van der Waals surface area contributed by atoms with Crippen molar-refractivity contribution in [1.82, 2.24) is 9.21 Å². The summed E-state index contributed by atoms with van der Waals surface area (Å²) in [6.07, 6.45) is 0.938. The first-order chi connectivity index (χ1) is 13.4. The van der Waals surface area contributed by atoms with Crippen LogP contribution in [0, 0.1) is 6.92 Å². The average Bonchev–Trinajstić information content (AvgIpc) is 3.13. The van der Waals surface area contributed by atoms with Crippen molar-refractivity contribution in [3.05, 3.63) is 65.7 Å². The highest BCUT2D eigenvalue weighted by Gasteiger charge is 2.51. The Morgan fingerprint density at radius 3 is 2.29 bits per heavy atom. The quantitative estimate of drug-likeness (QED) is 0.794. The molecular formula is C21H24N2O4S. The molecule has 0 radical (unpaired) electrons. The van der Waals surface area contributed by atoms with E-state index in [9.17, 15) is 13.2 Å². The molecule has 0 unspecified atom stereocenters. The molecule has 2 aromatic rings. The van der Waals surface area contributed by atoms with E-state index in [-0.39, 0.29) is 10.8 Å². The van der Waals surface area contributed by atoms with Crippen molar-refractivity contribution in [1.29, 1.82) is 0 Å². The number of aryl methyl sites for hydroxylation is 1. The molecule has 2 aromatic carbocycles. The molecule has 2 fully saturated rings. The van der Waals surface area contributed by atoms with Gasteiger partial charge in [-0.1, -0.05) is 36.4 Å². The number of carbonyl (C=O) groups is 1. The van der Waals surface area contributed by atoms with Crippen LogP contribution in [-0.2, 0) is 14.8 Å². The van der Waals surface area contributed by atoms with E-state index >= 15 is 0 Å². The maximum absolute atomic E-state index is 13.2. The second-order valence-electron chi connectivity index (χ2n) is 7.29. The molecule has 0 N–H and O–H groups in total. The van der Waals surface area contributed by atoms with Crippen LogP contribution in [0.3, 0.4) is 0 Å². The van der Waals surface area contributed by atoms with Gasteiger partial charge in [0.15, 0.2) is 0 Å². The summed E-state index contributed by atoms with van der Waals surface area (Å²) in [7, 11) is -3.64. The molecular weight excluding hydrogens is 376 g/mol. The summed E-state index contributed by atoms with van der Waals surface area (Å²) in [5, 5.41) is 0. The lowest BCUT2D eigenvalue weighted by Gasteiger charge is -2.42. The predicted molar refractivity (Wildman–Crippen MR) is 105 cm³/mol. The summed E-state index contributed by atoms with van der Waals surface area (Å²) in [5.41, 5.74) is 0.773. The van der Waals surface area contributed by atoms with Crippen molar-refractivity contribution in [3.63, 3.8) is 0 Å². The highest BCUT2D eigenvalue weighted by atomic mass is 32.2. The number of hydrogen-bond donors (Lipinski definition) is 0. The van der Waals surface area contributed by atoms with E-state index in [1.165, 1.54) is 4.31 Å². The van der Waals surface area contributed by atoms with Gasteiger partial charge in [-0.2, -0.15) is 4.31 Å². The van der Waals surface area contributed by atoms with Crippen molar-refractivity contribution in [3.8, 4) is 0 Å². The number of hydrogen-bond acceptors (Lipinski definition) is 4. The molecule has 0 aliphatic carbocycles. The zero-order chi connectivity index (χ0) is 19.8. The van der Waals surface area contributed by atoms with Crippen LogP contribution >= 0.6 is 0 Å². The van der Waals surface area contributed by atoms with E-state index in [1.54, 1.807) is 35.2 Å². The molecule has 0 saturated carbocycles. The minimum Gasteiger partial charge on any atom is -0.358 e. The molecule has 2 aliphatic heterocycles. The van der Waals surface area contributed by atoms with Crippen LogP contribution in [0.4, 0.5) is 0 Å². The lowest BCUT2D eigenvalue weighted by Crippen LogP contribution is -2.55. The molecule has 2 heterocycles. The lowest BCUT2D eigenvalue weighted by atomic mass is 9.99. The van der Waals surface area contributed by atoms with Crippen molar-refractivity contribution in [2.45, 2.75) is 30.4 Å². The highest BCUT2D eigenvalue weighted by molar-refractivity contribution is 7.89. The molecule has 0 atom stereocenters. The lowest BCUT2D eigenvalue weighted by molar-refractivity contribution is -0.0857. The fraction of sp³-hybridized carbons (Fsp3) is 0.381. The number of ether oxygens (including phenoxy) is 1. The SMILES string of the molecule is Cc1ccccc1C(=O)N1CCC2(CC1)OCCN2S(=O)(=O)c1ccccc1. The van der Waals surface area contributed by atoms with Crippen molar-refractivity contribution >= 4 is 15.9 Å². The zero-order valence-electron chi connectivity index (χ0n) is 15.9. The number of carbonyl (C=O) groups excluding carboxylic acids is 1. The summed E-state index contributed by atoms with van der Waals surface area (Å²) in [6.45, 7) is 3.57. The molecule has 148 valence electrons. The van der Waals surface area contributed by atoms with Crippen LogP contribution in [0.1, 0.15) is 28.8 Å². The van der Waals surface area contributed by atoms with Gasteiger partial charge in [0.2, 0.25) is 10.0 Å². The van der Waals surface area contributed by atoms with Crippen molar-refractivity contribution in [2.75, 3.05) is 26.2 Å². The summed E-state index contributed by atoms with van der Waals surface area (Å²) in [5.74, 6) is -0.0107. The average molecular weight is 400 g/mol. The number of amides is 1. The van der Waals surface area contributed by atoms with E-state index in [0.717, 1.165) is 5.56 Å². The number of likely N-dealkylation sites (tertiary alicyclic amines) is 1. The number of rotatable bonds is 3. The Morgan fingerprint density at radius 1 is 0.964 bits per heavy atom. The van der Waals surface area contributed by atoms with Gasteiger partial charge in [-0.05, 0) is 30.7 Å². The molecule has 1 amide bonds. The molecule has 4 rings (SSSR count). The topological polar surface area (TPSA) is 66.9 Å². The third kappa shape index (κ3) is 3.23. The second-order valence-corrected chi connectivity index (χ2v) is 9.15. The molecule has 1 spiro atoms. The van der Waals surface area contributed by atoms with Crippen molar-refractivity contribution in [2.24, 2.45) is 0 Å². The fourth-order valence-electron chi connectivity index (χ4n) is 4.09. The van der Waals surface area contributed by atoms with Crippen LogP contribution in [0.25, 0.3) is 0 Å². The summed E-state index contributed by atoms with van der Waals surface area (Å²) in [4.78, 5) is 14.9. The number of nitrogens with zero attached hydrogens (tertiary/aromatic N) is 2. The molecule has 6 nitrogen and oxygen atoms in total. The van der Waals surface area contributed by atoms with E-state index < -0.39 is 15.7 Å². The van der Waals surface area contributed by atoms with Gasteiger partial charge in [0.25, 0.3) is 5.91 Å². The number of benzene rings is 2. The van der Waals surface area contributed by atoms with E-state index in [2.05, 4.69) is 0 Å². The smallest absolute Gasteiger partial charge is 0.254 e. The molecule has 2 aliphatic rings. The maximum Gasteiger partial charge on any atom is 0.254 e. The maximum atomic E-state index is 13.2. The van der Waals surface area contributed by atoms with Gasteiger partial charge in [-0.15, -0.1) is 0 Å². The highest BCUT2D eigenvalue weighted by Crippen LogP contribution is 2.38. The largest absolute Gasteiger partial charge is 0.358 e. The van der Waals surface area contributed by atoms with Gasteiger partial charge < -0.3 is 9.64 Å².